The van der Waals surface area contributed by atoms with E-state index in [4.69, 9.17) is 0 Å². The number of nitriles is 1. The standard InChI is InChI=1S/C26H32N6O2/c1-25(2,3)18-32-21(13-20-15-28-22(14-27)30-23(20)32)16-29-24(33)26(34)9-11-31(12-10-26)17-19-7-5-4-6-8-19/h4-8,13,15,34H,9-12,16-18H2,1-3H3,(H,29,33). The third-order valence-electron chi connectivity index (χ3n) is 6.24. The second-order valence-corrected chi connectivity index (χ2v) is 10.3. The van der Waals surface area contributed by atoms with Crippen LogP contribution in [0.15, 0.2) is 42.6 Å². The summed E-state index contributed by atoms with van der Waals surface area (Å²) in [6.07, 6.45) is 2.43. The molecule has 1 amide bonds. The van der Waals surface area contributed by atoms with Gasteiger partial charge in [0.1, 0.15) is 17.3 Å². The Kier molecular flexibility index (Phi) is 6.69. The highest BCUT2D eigenvalue weighted by atomic mass is 16.3. The number of aliphatic hydroxyl groups is 1. The number of piperidine rings is 1. The smallest absolute Gasteiger partial charge is 0.252 e. The average molecular weight is 461 g/mol. The largest absolute Gasteiger partial charge is 0.380 e. The molecular weight excluding hydrogens is 428 g/mol. The van der Waals surface area contributed by atoms with E-state index in [1.54, 1.807) is 6.20 Å². The summed E-state index contributed by atoms with van der Waals surface area (Å²) in [5.74, 6) is -0.226. The van der Waals surface area contributed by atoms with Crippen molar-refractivity contribution in [1.29, 1.82) is 5.26 Å². The second-order valence-electron chi connectivity index (χ2n) is 10.3. The molecule has 0 saturated carbocycles. The minimum absolute atomic E-state index is 0.0355. The summed E-state index contributed by atoms with van der Waals surface area (Å²) in [6.45, 7) is 9.45. The van der Waals surface area contributed by atoms with Crippen LogP contribution in [0.1, 0.15) is 50.7 Å². The Balaban J connectivity index is 1.43. The molecule has 0 spiro atoms. The van der Waals surface area contributed by atoms with Crippen LogP contribution in [0.4, 0.5) is 0 Å². The van der Waals surface area contributed by atoms with Crippen LogP contribution >= 0.6 is 0 Å². The predicted molar refractivity (Wildman–Crippen MR) is 129 cm³/mol. The lowest BCUT2D eigenvalue weighted by Gasteiger charge is -2.37. The monoisotopic (exact) mass is 460 g/mol. The van der Waals surface area contributed by atoms with Crippen LogP contribution in [0, 0.1) is 16.7 Å². The minimum atomic E-state index is -1.37. The SMILES string of the molecule is CC(C)(C)Cn1c(CNC(=O)C2(O)CCN(Cc3ccccc3)CC2)cc2cnc(C#N)nc21. The summed E-state index contributed by atoms with van der Waals surface area (Å²) in [5.41, 5.74) is 1.37. The van der Waals surface area contributed by atoms with Crippen molar-refractivity contribution in [2.45, 2.75) is 58.8 Å². The first-order chi connectivity index (χ1) is 16.2. The molecule has 0 unspecified atom stereocenters. The molecule has 1 aliphatic heterocycles. The zero-order valence-corrected chi connectivity index (χ0v) is 20.1. The van der Waals surface area contributed by atoms with E-state index < -0.39 is 5.60 Å². The Hall–Kier alpha value is -3.28. The molecule has 1 aliphatic rings. The molecule has 8 heteroatoms. The number of likely N-dealkylation sites (tertiary alicyclic amines) is 1. The molecule has 3 heterocycles. The first-order valence-corrected chi connectivity index (χ1v) is 11.7. The Morgan fingerprint density at radius 1 is 1.24 bits per heavy atom. The number of rotatable bonds is 6. The number of nitrogens with one attached hydrogen (secondary N) is 1. The van der Waals surface area contributed by atoms with Gasteiger partial charge in [0.05, 0.1) is 6.54 Å². The number of nitrogens with zero attached hydrogens (tertiary/aromatic N) is 5. The fourth-order valence-electron chi connectivity index (χ4n) is 4.43. The summed E-state index contributed by atoms with van der Waals surface area (Å²) < 4.78 is 2.03. The van der Waals surface area contributed by atoms with Crippen LogP contribution in [-0.4, -0.2) is 49.1 Å². The Morgan fingerprint density at radius 2 is 1.94 bits per heavy atom. The number of fused-ring (bicyclic) bond motifs is 1. The molecular formula is C26H32N6O2. The van der Waals surface area contributed by atoms with Crippen LogP contribution in [0.2, 0.25) is 0 Å². The van der Waals surface area contributed by atoms with E-state index in [1.807, 2.05) is 34.9 Å². The lowest BCUT2D eigenvalue weighted by molar-refractivity contribution is -0.145. The fourth-order valence-corrected chi connectivity index (χ4v) is 4.43. The van der Waals surface area contributed by atoms with E-state index in [-0.39, 0.29) is 23.7 Å². The zero-order chi connectivity index (χ0) is 24.3. The van der Waals surface area contributed by atoms with Crippen molar-refractivity contribution in [3.05, 3.63) is 59.7 Å². The van der Waals surface area contributed by atoms with Crippen molar-refractivity contribution in [1.82, 2.24) is 24.8 Å². The van der Waals surface area contributed by atoms with Crippen molar-refractivity contribution in [2.24, 2.45) is 5.41 Å². The Morgan fingerprint density at radius 3 is 2.59 bits per heavy atom. The lowest BCUT2D eigenvalue weighted by Crippen LogP contribution is -2.53. The van der Waals surface area contributed by atoms with Gasteiger partial charge in [-0.05, 0) is 29.9 Å². The summed E-state index contributed by atoms with van der Waals surface area (Å²) in [6, 6.07) is 14.2. The quantitative estimate of drug-likeness (QED) is 0.586. The van der Waals surface area contributed by atoms with Crippen molar-refractivity contribution in [2.75, 3.05) is 13.1 Å². The fraction of sp³-hybridized carbons (Fsp3) is 0.462. The molecule has 0 aliphatic carbocycles. The maximum atomic E-state index is 13.0. The van der Waals surface area contributed by atoms with E-state index in [0.29, 0.717) is 38.1 Å². The highest BCUT2D eigenvalue weighted by molar-refractivity contribution is 5.85. The topological polar surface area (TPSA) is 107 Å². The van der Waals surface area contributed by atoms with Gasteiger partial charge in [-0.15, -0.1) is 0 Å². The number of carbonyl (C=O) groups excluding carboxylic acids is 1. The number of hydrogen-bond donors (Lipinski definition) is 2. The zero-order valence-electron chi connectivity index (χ0n) is 20.1. The van der Waals surface area contributed by atoms with Gasteiger partial charge >= 0.3 is 0 Å². The van der Waals surface area contributed by atoms with E-state index >= 15 is 0 Å². The van der Waals surface area contributed by atoms with Crippen LogP contribution in [0.25, 0.3) is 11.0 Å². The molecule has 1 fully saturated rings. The molecule has 2 aromatic heterocycles. The van der Waals surface area contributed by atoms with Gasteiger partial charge in [-0.2, -0.15) is 5.26 Å². The summed E-state index contributed by atoms with van der Waals surface area (Å²) in [5, 5.41) is 24.0. The van der Waals surface area contributed by atoms with Crippen LogP contribution in [-0.2, 0) is 24.4 Å². The van der Waals surface area contributed by atoms with Gasteiger partial charge in [0.15, 0.2) is 0 Å². The van der Waals surface area contributed by atoms with E-state index in [0.717, 1.165) is 17.6 Å². The molecule has 1 saturated heterocycles. The molecule has 0 radical (unpaired) electrons. The molecule has 3 aromatic rings. The number of aromatic nitrogens is 3. The molecule has 2 N–H and O–H groups in total. The van der Waals surface area contributed by atoms with Crippen LogP contribution in [0.5, 0.6) is 0 Å². The lowest BCUT2D eigenvalue weighted by atomic mass is 9.90. The molecule has 1 aromatic carbocycles. The molecule has 178 valence electrons. The van der Waals surface area contributed by atoms with Crippen molar-refractivity contribution in [3.63, 3.8) is 0 Å². The number of benzene rings is 1. The molecule has 4 rings (SSSR count). The van der Waals surface area contributed by atoms with Crippen molar-refractivity contribution in [3.8, 4) is 6.07 Å². The second kappa shape index (κ2) is 9.53. The third-order valence-corrected chi connectivity index (χ3v) is 6.24. The first-order valence-electron chi connectivity index (χ1n) is 11.7. The van der Waals surface area contributed by atoms with E-state index in [9.17, 15) is 15.2 Å². The molecule has 0 bridgehead atoms. The summed E-state index contributed by atoms with van der Waals surface area (Å²) >= 11 is 0. The summed E-state index contributed by atoms with van der Waals surface area (Å²) in [7, 11) is 0. The van der Waals surface area contributed by atoms with Crippen LogP contribution < -0.4 is 5.32 Å². The van der Waals surface area contributed by atoms with E-state index in [1.165, 1.54) is 5.56 Å². The van der Waals surface area contributed by atoms with Gasteiger partial charge in [0.25, 0.3) is 5.91 Å². The molecule has 34 heavy (non-hydrogen) atoms. The Labute approximate surface area is 200 Å². The van der Waals surface area contributed by atoms with Gasteiger partial charge in [0.2, 0.25) is 5.82 Å². The summed E-state index contributed by atoms with van der Waals surface area (Å²) in [4.78, 5) is 23.7. The number of amides is 1. The third kappa shape index (κ3) is 5.44. The predicted octanol–water partition coefficient (Wildman–Crippen LogP) is 2.99. The van der Waals surface area contributed by atoms with Gasteiger partial charge in [-0.25, -0.2) is 9.97 Å². The first kappa shape index (κ1) is 23.9. The van der Waals surface area contributed by atoms with Crippen LogP contribution in [0.3, 0.4) is 0 Å². The van der Waals surface area contributed by atoms with Crippen molar-refractivity contribution < 1.29 is 9.90 Å². The van der Waals surface area contributed by atoms with Gasteiger partial charge < -0.3 is 15.0 Å². The van der Waals surface area contributed by atoms with Gasteiger partial charge in [0, 0.05) is 43.5 Å². The van der Waals surface area contributed by atoms with Crippen molar-refractivity contribution >= 4 is 16.9 Å². The number of hydrogen-bond acceptors (Lipinski definition) is 6. The van der Waals surface area contributed by atoms with Gasteiger partial charge in [-0.1, -0.05) is 51.1 Å². The number of carbonyl (C=O) groups is 1. The minimum Gasteiger partial charge on any atom is -0.380 e. The van der Waals surface area contributed by atoms with Gasteiger partial charge in [-0.3, -0.25) is 9.69 Å². The highest BCUT2D eigenvalue weighted by Crippen LogP contribution is 2.26. The Bertz CT molecular complexity index is 1200. The molecule has 0 atom stereocenters. The normalized spacial score (nSPS) is 16.3. The van der Waals surface area contributed by atoms with E-state index in [2.05, 4.69) is 53.1 Å². The highest BCUT2D eigenvalue weighted by Gasteiger charge is 2.39. The average Bonchev–Trinajstić information content (AvgIpc) is 3.14. The molecule has 8 nitrogen and oxygen atoms in total. The maximum absolute atomic E-state index is 13.0. The maximum Gasteiger partial charge on any atom is 0.252 e.